The third-order valence-electron chi connectivity index (χ3n) is 1.30. The second kappa shape index (κ2) is 1.85. The summed E-state index contributed by atoms with van der Waals surface area (Å²) >= 11 is 1.52. The van der Waals surface area contributed by atoms with Crippen molar-refractivity contribution in [2.45, 2.75) is 0 Å². The summed E-state index contributed by atoms with van der Waals surface area (Å²) in [6.45, 7) is 0. The lowest BCUT2D eigenvalue weighted by molar-refractivity contribution is 1.86. The zero-order chi connectivity index (χ0) is 6.97. The van der Waals surface area contributed by atoms with Crippen LogP contribution in [-0.4, -0.2) is 0 Å². The maximum atomic E-state index is 7.34. The van der Waals surface area contributed by atoms with E-state index in [-0.39, 0.29) is 0 Å². The molecule has 0 atom stereocenters. The Bertz CT molecular complexity index is 318. The smallest absolute Gasteiger partial charge is 0.0740 e. The van der Waals surface area contributed by atoms with Crippen molar-refractivity contribution in [1.29, 1.82) is 0 Å². The second-order valence-electron chi connectivity index (χ2n) is 1.90. The Kier molecular flexibility index (Phi) is 0.836. The Morgan fingerprint density at radius 2 is 2.11 bits per heavy atom. The van der Waals surface area contributed by atoms with Crippen LogP contribution in [0.5, 0.6) is 0 Å². The number of rotatable bonds is 0. The molecule has 0 unspecified atom stereocenters. The summed E-state index contributed by atoms with van der Waals surface area (Å²) < 4.78 is 8.54. The Labute approximate surface area is 59.2 Å². The van der Waals surface area contributed by atoms with Crippen molar-refractivity contribution in [2.24, 2.45) is 0 Å². The summed E-state index contributed by atoms with van der Waals surface area (Å²) in [6.07, 6.45) is 0. The summed E-state index contributed by atoms with van der Waals surface area (Å²) in [5, 5.41) is 1.82. The molecule has 0 aliphatic heterocycles. The minimum absolute atomic E-state index is 0.640. The highest BCUT2D eigenvalue weighted by Crippen LogP contribution is 2.18. The van der Waals surface area contributed by atoms with Gasteiger partial charge in [0.1, 0.15) is 0 Å². The normalized spacial score (nSPS) is 11.8. The molecular formula is C8H6S. The summed E-state index contributed by atoms with van der Waals surface area (Å²) in [4.78, 5) is 0. The molecule has 0 nitrogen and oxygen atoms in total. The average Bonchev–Trinajstić information content (AvgIpc) is 2.27. The van der Waals surface area contributed by atoms with Gasteiger partial charge in [-0.15, -0.1) is 11.3 Å². The highest BCUT2D eigenvalue weighted by molar-refractivity contribution is 7.17. The highest BCUT2D eigenvalue weighted by atomic mass is 32.1. The molecule has 0 spiro atoms. The quantitative estimate of drug-likeness (QED) is 0.522. The summed E-state index contributed by atoms with van der Waals surface area (Å²) in [6, 6.07) is 9.95. The molecule has 2 rings (SSSR count). The van der Waals surface area contributed by atoms with Gasteiger partial charge >= 0.3 is 0 Å². The molecule has 0 saturated carbocycles. The topological polar surface area (TPSA) is 0 Å². The zero-order valence-corrected chi connectivity index (χ0v) is 5.61. The molecule has 1 aromatic heterocycles. The van der Waals surface area contributed by atoms with E-state index in [2.05, 4.69) is 0 Å². The van der Waals surface area contributed by atoms with Crippen LogP contribution in [0.4, 0.5) is 0 Å². The van der Waals surface area contributed by atoms with E-state index in [1.807, 2.05) is 30.3 Å². The first-order valence-electron chi connectivity index (χ1n) is 3.31. The van der Waals surface area contributed by atoms with Crippen LogP contribution in [-0.2, 0) is 0 Å². The second-order valence-corrected chi connectivity index (χ2v) is 2.78. The van der Waals surface area contributed by atoms with Crippen LogP contribution in [0.25, 0.3) is 10.1 Å². The molecule has 0 radical (unpaired) electrons. The van der Waals surface area contributed by atoms with Crippen LogP contribution in [0.1, 0.15) is 1.37 Å². The molecule has 0 aliphatic rings. The van der Waals surface area contributed by atoms with E-state index in [4.69, 9.17) is 1.37 Å². The fraction of sp³-hybridized carbons (Fsp3) is 0. The Balaban J connectivity index is 2.88. The van der Waals surface area contributed by atoms with Crippen LogP contribution in [0.3, 0.4) is 0 Å². The lowest BCUT2D eigenvalue weighted by Gasteiger charge is -1.82. The fourth-order valence-corrected chi connectivity index (χ4v) is 1.55. The maximum Gasteiger partial charge on any atom is 0.0740 e. The minimum Gasteiger partial charge on any atom is -0.144 e. The van der Waals surface area contributed by atoms with Gasteiger partial charge in [0.2, 0.25) is 0 Å². The average molecular weight is 136 g/mol. The van der Waals surface area contributed by atoms with Crippen molar-refractivity contribution in [1.82, 2.24) is 0 Å². The van der Waals surface area contributed by atoms with Crippen LogP contribution < -0.4 is 0 Å². The SMILES string of the molecule is [3H]c1cc2ccccc2s1. The van der Waals surface area contributed by atoms with E-state index in [1.165, 1.54) is 21.4 Å². The van der Waals surface area contributed by atoms with Gasteiger partial charge in [-0.2, -0.15) is 0 Å². The summed E-state index contributed by atoms with van der Waals surface area (Å²) in [5.74, 6) is 0. The van der Waals surface area contributed by atoms with Gasteiger partial charge in [-0.3, -0.25) is 0 Å². The van der Waals surface area contributed by atoms with Crippen molar-refractivity contribution in [3.05, 3.63) is 35.7 Å². The van der Waals surface area contributed by atoms with Crippen molar-refractivity contribution < 1.29 is 1.37 Å². The minimum atomic E-state index is 0.640. The molecule has 0 amide bonds. The fourth-order valence-electron chi connectivity index (χ4n) is 0.849. The summed E-state index contributed by atoms with van der Waals surface area (Å²) in [7, 11) is 0. The van der Waals surface area contributed by atoms with Gasteiger partial charge < -0.3 is 0 Å². The third-order valence-corrected chi connectivity index (χ3v) is 2.13. The third kappa shape index (κ3) is 0.736. The number of benzene rings is 1. The van der Waals surface area contributed by atoms with Gasteiger partial charge in [0.15, 0.2) is 0 Å². The first-order chi connectivity index (χ1) is 4.86. The molecular weight excluding hydrogens is 128 g/mol. The predicted octanol–water partition coefficient (Wildman–Crippen LogP) is 2.90. The van der Waals surface area contributed by atoms with E-state index in [0.29, 0.717) is 5.36 Å². The van der Waals surface area contributed by atoms with Gasteiger partial charge in [0, 0.05) is 4.70 Å². The number of hydrogen-bond acceptors (Lipinski definition) is 1. The first-order valence-corrected chi connectivity index (χ1v) is 3.63. The lowest BCUT2D eigenvalue weighted by atomic mass is 10.3. The molecule has 0 N–H and O–H groups in total. The van der Waals surface area contributed by atoms with Gasteiger partial charge in [-0.25, -0.2) is 0 Å². The van der Waals surface area contributed by atoms with E-state index in [9.17, 15) is 0 Å². The molecule has 1 heteroatoms. The van der Waals surface area contributed by atoms with Crippen LogP contribution in [0.15, 0.2) is 35.7 Å². The van der Waals surface area contributed by atoms with Crippen molar-refractivity contribution in [2.75, 3.05) is 0 Å². The van der Waals surface area contributed by atoms with E-state index in [0.717, 1.165) is 0 Å². The Hall–Kier alpha value is -0.820. The van der Waals surface area contributed by atoms with Gasteiger partial charge in [-0.1, -0.05) is 18.2 Å². The molecule has 0 fully saturated rings. The van der Waals surface area contributed by atoms with Gasteiger partial charge in [-0.05, 0) is 22.9 Å². The zero-order valence-electron chi connectivity index (χ0n) is 5.79. The van der Waals surface area contributed by atoms with Crippen LogP contribution >= 0.6 is 11.3 Å². The van der Waals surface area contributed by atoms with Crippen LogP contribution in [0.2, 0.25) is 0 Å². The first kappa shape index (κ1) is 4.07. The molecule has 9 heavy (non-hydrogen) atoms. The van der Waals surface area contributed by atoms with Crippen molar-refractivity contribution >= 4 is 21.4 Å². The standard InChI is InChI=1S/C8H6S/c1-2-4-8-7(3-1)5-6-9-8/h1-6H/i6T. The Morgan fingerprint density at radius 3 is 3.00 bits per heavy atom. The molecule has 44 valence electrons. The van der Waals surface area contributed by atoms with E-state index >= 15 is 0 Å². The molecule has 0 saturated heterocycles. The number of hydrogen-bond donors (Lipinski definition) is 0. The summed E-state index contributed by atoms with van der Waals surface area (Å²) in [5.41, 5.74) is 0. The largest absolute Gasteiger partial charge is 0.144 e. The molecule has 0 bridgehead atoms. The van der Waals surface area contributed by atoms with E-state index < -0.39 is 0 Å². The van der Waals surface area contributed by atoms with Gasteiger partial charge in [0.05, 0.1) is 1.37 Å². The molecule has 2 aromatic rings. The monoisotopic (exact) mass is 136 g/mol. The van der Waals surface area contributed by atoms with E-state index in [1.54, 1.807) is 0 Å². The maximum absolute atomic E-state index is 7.34. The van der Waals surface area contributed by atoms with Crippen molar-refractivity contribution in [3.8, 4) is 0 Å². The van der Waals surface area contributed by atoms with Crippen molar-refractivity contribution in [3.63, 3.8) is 0 Å². The molecule has 0 aliphatic carbocycles. The van der Waals surface area contributed by atoms with Crippen LogP contribution in [0, 0.1) is 0 Å². The Morgan fingerprint density at radius 1 is 1.22 bits per heavy atom. The molecule has 1 aromatic carbocycles. The van der Waals surface area contributed by atoms with Gasteiger partial charge in [0.25, 0.3) is 0 Å². The predicted molar refractivity (Wildman–Crippen MR) is 41.8 cm³/mol. The highest BCUT2D eigenvalue weighted by Gasteiger charge is 1.87. The number of fused-ring (bicyclic) bond motifs is 1. The molecule has 1 heterocycles. The lowest BCUT2D eigenvalue weighted by Crippen LogP contribution is -1.56. The number of thiophene rings is 1.